The van der Waals surface area contributed by atoms with Gasteiger partial charge >= 0.3 is 0 Å². The molecule has 21 heavy (non-hydrogen) atoms. The van der Waals surface area contributed by atoms with Gasteiger partial charge < -0.3 is 15.2 Å². The van der Waals surface area contributed by atoms with Crippen molar-refractivity contribution in [2.75, 3.05) is 6.61 Å². The number of rotatable bonds is 7. The average Bonchev–Trinajstić information content (AvgIpc) is 2.54. The van der Waals surface area contributed by atoms with Crippen molar-refractivity contribution in [2.24, 2.45) is 5.73 Å². The maximum atomic E-state index is 6.13. The molecule has 0 saturated carbocycles. The summed E-state index contributed by atoms with van der Waals surface area (Å²) in [6.45, 7) is 4.89. The normalized spacial score (nSPS) is 12.0. The predicted octanol–water partition coefficient (Wildman–Crippen LogP) is 4.68. The van der Waals surface area contributed by atoms with E-state index in [9.17, 15) is 0 Å². The Morgan fingerprint density at radius 1 is 0.952 bits per heavy atom. The first kappa shape index (κ1) is 15.4. The van der Waals surface area contributed by atoms with Crippen LogP contribution in [0.15, 0.2) is 48.5 Å². The molecule has 0 heterocycles. The molecular weight excluding hydrogens is 262 g/mol. The summed E-state index contributed by atoms with van der Waals surface area (Å²) in [4.78, 5) is 0. The molecule has 1 atom stereocenters. The highest BCUT2D eigenvalue weighted by atomic mass is 16.5. The predicted molar refractivity (Wildman–Crippen MR) is 86.0 cm³/mol. The van der Waals surface area contributed by atoms with Crippen molar-refractivity contribution in [2.45, 2.75) is 32.7 Å². The summed E-state index contributed by atoms with van der Waals surface area (Å²) < 4.78 is 11.5. The fourth-order valence-electron chi connectivity index (χ4n) is 2.05. The van der Waals surface area contributed by atoms with Crippen LogP contribution in [0.3, 0.4) is 0 Å². The van der Waals surface area contributed by atoms with Gasteiger partial charge in [0.1, 0.15) is 17.2 Å². The second kappa shape index (κ2) is 7.70. The van der Waals surface area contributed by atoms with Gasteiger partial charge in [-0.25, -0.2) is 0 Å². The Bertz CT molecular complexity index is 551. The van der Waals surface area contributed by atoms with Crippen molar-refractivity contribution in [3.63, 3.8) is 0 Å². The van der Waals surface area contributed by atoms with Crippen molar-refractivity contribution >= 4 is 0 Å². The van der Waals surface area contributed by atoms with E-state index >= 15 is 0 Å². The molecule has 0 aliphatic heterocycles. The number of hydrogen-bond acceptors (Lipinski definition) is 3. The third-order valence-corrected chi connectivity index (χ3v) is 3.28. The minimum absolute atomic E-state index is 0.00615. The third kappa shape index (κ3) is 4.23. The van der Waals surface area contributed by atoms with E-state index in [2.05, 4.69) is 13.8 Å². The number of para-hydroxylation sites is 1. The molecule has 112 valence electrons. The van der Waals surface area contributed by atoms with Gasteiger partial charge in [0.15, 0.2) is 0 Å². The van der Waals surface area contributed by atoms with Gasteiger partial charge in [-0.1, -0.05) is 32.0 Å². The van der Waals surface area contributed by atoms with Gasteiger partial charge in [-0.05, 0) is 43.2 Å². The van der Waals surface area contributed by atoms with E-state index in [1.54, 1.807) is 0 Å². The van der Waals surface area contributed by atoms with E-state index < -0.39 is 0 Å². The van der Waals surface area contributed by atoms with Crippen LogP contribution in [0.1, 0.15) is 38.3 Å². The molecule has 0 spiro atoms. The first-order chi connectivity index (χ1) is 10.2. The maximum absolute atomic E-state index is 6.13. The molecule has 0 aliphatic carbocycles. The average molecular weight is 285 g/mol. The summed E-state index contributed by atoms with van der Waals surface area (Å²) in [5.41, 5.74) is 7.16. The van der Waals surface area contributed by atoms with Gasteiger partial charge in [0, 0.05) is 11.6 Å². The second-order valence-electron chi connectivity index (χ2n) is 4.97. The summed E-state index contributed by atoms with van der Waals surface area (Å²) in [7, 11) is 0. The van der Waals surface area contributed by atoms with E-state index in [4.69, 9.17) is 15.2 Å². The number of hydrogen-bond donors (Lipinski definition) is 1. The Morgan fingerprint density at radius 3 is 2.29 bits per heavy atom. The van der Waals surface area contributed by atoms with Crippen molar-refractivity contribution in [1.29, 1.82) is 0 Å². The Balaban J connectivity index is 2.11. The first-order valence-corrected chi connectivity index (χ1v) is 7.49. The molecule has 2 aromatic carbocycles. The monoisotopic (exact) mass is 285 g/mol. The largest absolute Gasteiger partial charge is 0.494 e. The highest BCUT2D eigenvalue weighted by Gasteiger charge is 2.10. The van der Waals surface area contributed by atoms with Crippen LogP contribution < -0.4 is 15.2 Å². The zero-order valence-electron chi connectivity index (χ0n) is 12.7. The molecule has 0 aliphatic rings. The Kier molecular flexibility index (Phi) is 5.64. The van der Waals surface area contributed by atoms with Gasteiger partial charge in [0.2, 0.25) is 0 Å². The molecule has 0 bridgehead atoms. The van der Waals surface area contributed by atoms with Gasteiger partial charge in [0.05, 0.1) is 6.61 Å². The summed E-state index contributed by atoms with van der Waals surface area (Å²) in [5, 5.41) is 0. The van der Waals surface area contributed by atoms with Crippen LogP contribution in [0.4, 0.5) is 0 Å². The van der Waals surface area contributed by atoms with Crippen LogP contribution in [-0.4, -0.2) is 6.61 Å². The molecular formula is C18H23NO2. The Labute approximate surface area is 126 Å². The van der Waals surface area contributed by atoms with E-state index in [0.717, 1.165) is 42.3 Å². The third-order valence-electron chi connectivity index (χ3n) is 3.28. The molecule has 0 fully saturated rings. The molecule has 0 aromatic heterocycles. The van der Waals surface area contributed by atoms with E-state index in [1.165, 1.54) is 0 Å². The molecule has 0 unspecified atom stereocenters. The Morgan fingerprint density at radius 2 is 1.62 bits per heavy atom. The molecule has 2 aromatic rings. The van der Waals surface area contributed by atoms with Crippen LogP contribution >= 0.6 is 0 Å². The summed E-state index contributed by atoms with van der Waals surface area (Å²) in [6.07, 6.45) is 1.88. The molecule has 0 amide bonds. The molecule has 0 saturated heterocycles. The van der Waals surface area contributed by atoms with Gasteiger partial charge in [-0.3, -0.25) is 0 Å². The number of ether oxygens (including phenoxy) is 2. The van der Waals surface area contributed by atoms with Gasteiger partial charge in [0.25, 0.3) is 0 Å². The Hall–Kier alpha value is -2.00. The van der Waals surface area contributed by atoms with Crippen molar-refractivity contribution in [3.05, 3.63) is 54.1 Å². The van der Waals surface area contributed by atoms with Gasteiger partial charge in [-0.2, -0.15) is 0 Å². The molecule has 2 rings (SSSR count). The summed E-state index contributed by atoms with van der Waals surface area (Å²) in [6, 6.07) is 15.6. The zero-order chi connectivity index (χ0) is 15.1. The zero-order valence-corrected chi connectivity index (χ0v) is 12.7. The summed E-state index contributed by atoms with van der Waals surface area (Å²) in [5.74, 6) is 2.46. The van der Waals surface area contributed by atoms with Crippen molar-refractivity contribution < 1.29 is 9.47 Å². The SMILES string of the molecule is CCCOc1ccc(Oc2ccccc2[C@H](N)CC)cc1. The number of benzene rings is 2. The fraction of sp³-hybridized carbons (Fsp3) is 0.333. The topological polar surface area (TPSA) is 44.5 Å². The summed E-state index contributed by atoms with van der Waals surface area (Å²) >= 11 is 0. The minimum atomic E-state index is -0.00615. The van der Waals surface area contributed by atoms with E-state index in [0.29, 0.717) is 0 Å². The van der Waals surface area contributed by atoms with Crippen LogP contribution in [0.2, 0.25) is 0 Å². The maximum Gasteiger partial charge on any atom is 0.132 e. The van der Waals surface area contributed by atoms with Crippen LogP contribution in [-0.2, 0) is 0 Å². The van der Waals surface area contributed by atoms with Crippen molar-refractivity contribution in [3.8, 4) is 17.2 Å². The highest BCUT2D eigenvalue weighted by Crippen LogP contribution is 2.30. The minimum Gasteiger partial charge on any atom is -0.494 e. The van der Waals surface area contributed by atoms with Crippen LogP contribution in [0.5, 0.6) is 17.2 Å². The standard InChI is InChI=1S/C18H23NO2/c1-3-13-20-14-9-11-15(12-10-14)21-18-8-6-5-7-16(18)17(19)4-2/h5-12,17H,3-4,13,19H2,1-2H3/t17-/m1/s1. The van der Waals surface area contributed by atoms with Crippen LogP contribution in [0.25, 0.3) is 0 Å². The molecule has 3 heteroatoms. The second-order valence-corrected chi connectivity index (χ2v) is 4.97. The van der Waals surface area contributed by atoms with Crippen molar-refractivity contribution in [1.82, 2.24) is 0 Å². The number of nitrogens with two attached hydrogens (primary N) is 1. The smallest absolute Gasteiger partial charge is 0.132 e. The quantitative estimate of drug-likeness (QED) is 0.803. The first-order valence-electron chi connectivity index (χ1n) is 7.49. The lowest BCUT2D eigenvalue weighted by atomic mass is 10.0. The fourth-order valence-corrected chi connectivity index (χ4v) is 2.05. The lowest BCUT2D eigenvalue weighted by Gasteiger charge is -2.15. The molecule has 3 nitrogen and oxygen atoms in total. The van der Waals surface area contributed by atoms with Gasteiger partial charge in [-0.15, -0.1) is 0 Å². The molecule has 2 N–H and O–H groups in total. The van der Waals surface area contributed by atoms with Crippen LogP contribution in [0, 0.1) is 0 Å². The van der Waals surface area contributed by atoms with E-state index in [-0.39, 0.29) is 6.04 Å². The lowest BCUT2D eigenvalue weighted by Crippen LogP contribution is -2.09. The highest BCUT2D eigenvalue weighted by molar-refractivity contribution is 5.40. The molecule has 0 radical (unpaired) electrons. The lowest BCUT2D eigenvalue weighted by molar-refractivity contribution is 0.317. The van der Waals surface area contributed by atoms with E-state index in [1.807, 2.05) is 48.5 Å².